The minimum atomic E-state index is -0.0596. The van der Waals surface area contributed by atoms with Gasteiger partial charge in [0.25, 0.3) is 0 Å². The Hall–Kier alpha value is -1.18. The number of aromatic amines is 1. The Morgan fingerprint density at radius 2 is 2.33 bits per heavy atom. The zero-order valence-corrected chi connectivity index (χ0v) is 12.4. The fraction of sp³-hybridized carbons (Fsp3) is 0.0909. The van der Waals surface area contributed by atoms with Crippen LogP contribution in [-0.2, 0) is 6.54 Å². The van der Waals surface area contributed by atoms with Crippen molar-refractivity contribution in [2.75, 3.05) is 5.32 Å². The number of thiocarbonyl (C=S) groups is 1. The van der Waals surface area contributed by atoms with E-state index in [2.05, 4.69) is 26.2 Å². The number of nitrogens with one attached hydrogen (secondary N) is 2. The van der Waals surface area contributed by atoms with Crippen LogP contribution in [0, 0.1) is 0 Å². The van der Waals surface area contributed by atoms with E-state index in [0.29, 0.717) is 11.5 Å². The zero-order chi connectivity index (χ0) is 13.1. The van der Waals surface area contributed by atoms with Crippen LogP contribution >= 0.6 is 39.5 Å². The number of aromatic nitrogens is 1. The second-order valence-electron chi connectivity index (χ2n) is 3.55. The molecule has 0 fully saturated rings. The molecule has 2 aromatic rings. The summed E-state index contributed by atoms with van der Waals surface area (Å²) in [5.74, 6) is 0. The lowest BCUT2D eigenvalue weighted by atomic mass is 10.1. The summed E-state index contributed by atoms with van der Waals surface area (Å²) in [6.07, 6.45) is 0. The molecule has 1 aromatic heterocycles. The Kier molecular flexibility index (Phi) is 4.15. The van der Waals surface area contributed by atoms with Gasteiger partial charge in [0.1, 0.15) is 4.99 Å². The van der Waals surface area contributed by atoms with E-state index in [1.165, 1.54) is 0 Å². The van der Waals surface area contributed by atoms with Crippen molar-refractivity contribution in [3.8, 4) is 0 Å². The average molecular weight is 344 g/mol. The second kappa shape index (κ2) is 5.64. The number of thiazole rings is 1. The number of hydrogen-bond donors (Lipinski definition) is 3. The average Bonchev–Trinajstić information content (AvgIpc) is 2.72. The fourth-order valence-corrected chi connectivity index (χ4v) is 3.03. The van der Waals surface area contributed by atoms with E-state index in [9.17, 15) is 4.79 Å². The van der Waals surface area contributed by atoms with E-state index in [-0.39, 0.29) is 4.87 Å². The van der Waals surface area contributed by atoms with Gasteiger partial charge < -0.3 is 16.0 Å². The van der Waals surface area contributed by atoms with E-state index >= 15 is 0 Å². The van der Waals surface area contributed by atoms with Crippen LogP contribution in [0.15, 0.2) is 32.8 Å². The molecule has 0 saturated heterocycles. The summed E-state index contributed by atoms with van der Waals surface area (Å²) in [5, 5.41) is 4.99. The van der Waals surface area contributed by atoms with E-state index in [0.717, 1.165) is 32.8 Å². The van der Waals surface area contributed by atoms with Crippen molar-refractivity contribution < 1.29 is 0 Å². The molecule has 18 heavy (non-hydrogen) atoms. The highest BCUT2D eigenvalue weighted by Gasteiger charge is 2.09. The first-order valence-corrected chi connectivity index (χ1v) is 7.15. The minimum absolute atomic E-state index is 0.0596. The van der Waals surface area contributed by atoms with Crippen molar-refractivity contribution >= 4 is 50.2 Å². The van der Waals surface area contributed by atoms with Gasteiger partial charge in [0.05, 0.1) is 6.54 Å². The summed E-state index contributed by atoms with van der Waals surface area (Å²) in [7, 11) is 0. The maximum absolute atomic E-state index is 11.0. The van der Waals surface area contributed by atoms with Crippen LogP contribution in [0.3, 0.4) is 0 Å². The number of nitrogens with two attached hydrogens (primary N) is 1. The van der Waals surface area contributed by atoms with Crippen molar-refractivity contribution in [3.63, 3.8) is 0 Å². The van der Waals surface area contributed by atoms with E-state index < -0.39 is 0 Å². The van der Waals surface area contributed by atoms with Crippen molar-refractivity contribution in [1.29, 1.82) is 0 Å². The molecule has 4 nitrogen and oxygen atoms in total. The van der Waals surface area contributed by atoms with Gasteiger partial charge in [0, 0.05) is 26.8 Å². The molecule has 4 N–H and O–H groups in total. The van der Waals surface area contributed by atoms with Crippen LogP contribution in [0.4, 0.5) is 5.69 Å². The van der Waals surface area contributed by atoms with E-state index in [1.54, 1.807) is 5.38 Å². The molecule has 1 aromatic carbocycles. The van der Waals surface area contributed by atoms with Gasteiger partial charge in [0.2, 0.25) is 0 Å². The summed E-state index contributed by atoms with van der Waals surface area (Å²) in [6.45, 7) is 0.519. The topological polar surface area (TPSA) is 70.9 Å². The van der Waals surface area contributed by atoms with Crippen LogP contribution in [0.25, 0.3) is 0 Å². The normalized spacial score (nSPS) is 10.3. The Bertz CT molecular complexity index is 635. The van der Waals surface area contributed by atoms with Crippen LogP contribution < -0.4 is 15.9 Å². The summed E-state index contributed by atoms with van der Waals surface area (Å²) >= 11 is 9.58. The molecule has 7 heteroatoms. The predicted molar refractivity (Wildman–Crippen MR) is 82.3 cm³/mol. The zero-order valence-electron chi connectivity index (χ0n) is 9.20. The molecular formula is C11H10BrN3OS2. The number of hydrogen-bond acceptors (Lipinski definition) is 4. The summed E-state index contributed by atoms with van der Waals surface area (Å²) in [6, 6.07) is 5.67. The Morgan fingerprint density at radius 1 is 1.56 bits per heavy atom. The van der Waals surface area contributed by atoms with Crippen LogP contribution in [0.1, 0.15) is 11.3 Å². The molecule has 94 valence electrons. The van der Waals surface area contributed by atoms with Gasteiger partial charge in [-0.05, 0) is 28.1 Å². The molecule has 0 aliphatic carbocycles. The van der Waals surface area contributed by atoms with Crippen molar-refractivity contribution in [1.82, 2.24) is 4.98 Å². The first-order chi connectivity index (χ1) is 8.58. The largest absolute Gasteiger partial charge is 0.389 e. The first kappa shape index (κ1) is 13.3. The fourth-order valence-electron chi connectivity index (χ4n) is 1.51. The van der Waals surface area contributed by atoms with Crippen molar-refractivity contribution in [3.05, 3.63) is 49.0 Å². The van der Waals surface area contributed by atoms with Gasteiger partial charge >= 0.3 is 4.87 Å². The van der Waals surface area contributed by atoms with E-state index in [4.69, 9.17) is 18.0 Å². The summed E-state index contributed by atoms with van der Waals surface area (Å²) in [5.41, 5.74) is 8.13. The standard InChI is InChI=1S/C11H10BrN3OS2/c12-7-2-1-3-8(9(7)10(13)17)14-4-6-5-18-11(16)15-6/h1-3,5,14H,4H2,(H2,13,17)(H,15,16). The number of H-pyrrole nitrogens is 1. The van der Waals surface area contributed by atoms with Gasteiger partial charge in [-0.25, -0.2) is 0 Å². The highest BCUT2D eigenvalue weighted by molar-refractivity contribution is 9.10. The lowest BCUT2D eigenvalue weighted by Crippen LogP contribution is -2.14. The van der Waals surface area contributed by atoms with E-state index in [1.807, 2.05) is 18.2 Å². The molecule has 0 spiro atoms. The van der Waals surface area contributed by atoms with Crippen LogP contribution in [0.2, 0.25) is 0 Å². The summed E-state index contributed by atoms with van der Waals surface area (Å²) in [4.78, 5) is 14.0. The number of halogens is 1. The monoisotopic (exact) mass is 343 g/mol. The van der Waals surface area contributed by atoms with Crippen molar-refractivity contribution in [2.45, 2.75) is 6.54 Å². The summed E-state index contributed by atoms with van der Waals surface area (Å²) < 4.78 is 0.846. The Balaban J connectivity index is 2.21. The molecule has 0 aliphatic heterocycles. The SMILES string of the molecule is NC(=S)c1c(Br)cccc1NCc1csc(=O)[nH]1. The molecule has 0 atom stereocenters. The highest BCUT2D eigenvalue weighted by Crippen LogP contribution is 2.25. The lowest BCUT2D eigenvalue weighted by molar-refractivity contribution is 1.06. The molecule has 2 rings (SSSR count). The molecule has 0 bridgehead atoms. The van der Waals surface area contributed by atoms with Gasteiger partial charge in [-0.3, -0.25) is 4.79 Å². The predicted octanol–water partition coefficient (Wildman–Crippen LogP) is 2.45. The molecular weight excluding hydrogens is 334 g/mol. The van der Waals surface area contributed by atoms with Gasteiger partial charge in [0.15, 0.2) is 0 Å². The molecule has 1 heterocycles. The lowest BCUT2D eigenvalue weighted by Gasteiger charge is -2.11. The third kappa shape index (κ3) is 2.98. The second-order valence-corrected chi connectivity index (χ2v) is 5.69. The highest BCUT2D eigenvalue weighted by atomic mass is 79.9. The number of benzene rings is 1. The molecule has 0 amide bonds. The smallest absolute Gasteiger partial charge is 0.304 e. The van der Waals surface area contributed by atoms with Crippen molar-refractivity contribution in [2.24, 2.45) is 5.73 Å². The third-order valence-electron chi connectivity index (χ3n) is 2.30. The molecule has 0 unspecified atom stereocenters. The van der Waals surface area contributed by atoms with Gasteiger partial charge in [-0.1, -0.05) is 29.6 Å². The molecule has 0 radical (unpaired) electrons. The minimum Gasteiger partial charge on any atom is -0.389 e. The Labute approximate surface area is 121 Å². The maximum Gasteiger partial charge on any atom is 0.304 e. The number of rotatable bonds is 4. The number of anilines is 1. The van der Waals surface area contributed by atoms with Crippen LogP contribution in [-0.4, -0.2) is 9.97 Å². The van der Waals surface area contributed by atoms with Crippen LogP contribution in [0.5, 0.6) is 0 Å². The molecule has 0 aliphatic rings. The third-order valence-corrected chi connectivity index (χ3v) is 3.88. The quantitative estimate of drug-likeness (QED) is 0.745. The van der Waals surface area contributed by atoms with Gasteiger partial charge in [-0.2, -0.15) is 0 Å². The Morgan fingerprint density at radius 3 is 2.94 bits per heavy atom. The van der Waals surface area contributed by atoms with Gasteiger partial charge in [-0.15, -0.1) is 0 Å². The maximum atomic E-state index is 11.0. The molecule has 0 saturated carbocycles. The first-order valence-electron chi connectivity index (χ1n) is 5.07.